The molecule has 122 valence electrons. The summed E-state index contributed by atoms with van der Waals surface area (Å²) in [6.07, 6.45) is 7.69. The first kappa shape index (κ1) is 14.7. The van der Waals surface area contributed by atoms with Gasteiger partial charge in [0, 0.05) is 36.6 Å². The molecule has 2 aromatic heterocycles. The van der Waals surface area contributed by atoms with Crippen LogP contribution in [0.5, 0.6) is 0 Å². The van der Waals surface area contributed by atoms with E-state index in [1.807, 2.05) is 12.4 Å². The number of rotatable bonds is 5. The van der Waals surface area contributed by atoms with Gasteiger partial charge in [-0.15, -0.1) is 0 Å². The van der Waals surface area contributed by atoms with Gasteiger partial charge in [-0.25, -0.2) is 9.97 Å². The Kier molecular flexibility index (Phi) is 3.58. The van der Waals surface area contributed by atoms with Crippen LogP contribution in [-0.2, 0) is 4.74 Å². The Labute approximate surface area is 135 Å². The van der Waals surface area contributed by atoms with Gasteiger partial charge in [0.15, 0.2) is 5.65 Å². The number of hydrogen-bond donors (Lipinski definition) is 3. The largest absolute Gasteiger partial charge is 0.394 e. The van der Waals surface area contributed by atoms with Crippen LogP contribution in [0.1, 0.15) is 42.9 Å². The van der Waals surface area contributed by atoms with Gasteiger partial charge in [-0.2, -0.15) is 0 Å². The molecule has 0 spiro atoms. The van der Waals surface area contributed by atoms with Crippen LogP contribution in [-0.4, -0.2) is 45.4 Å². The van der Waals surface area contributed by atoms with Gasteiger partial charge in [-0.3, -0.25) is 0 Å². The second-order valence-corrected chi connectivity index (χ2v) is 6.62. The maximum absolute atomic E-state index is 9.83. The average Bonchev–Trinajstić information content (AvgIpc) is 3.34. The van der Waals surface area contributed by atoms with Crippen molar-refractivity contribution in [3.8, 4) is 0 Å². The fraction of sp³-hybridized carbons (Fsp3) is 0.529. The monoisotopic (exact) mass is 314 g/mol. The summed E-state index contributed by atoms with van der Waals surface area (Å²) in [7, 11) is 0. The molecule has 2 aliphatic rings. The normalized spacial score (nSPS) is 20.6. The summed E-state index contributed by atoms with van der Waals surface area (Å²) in [6.45, 7) is 5.55. The molecule has 0 radical (unpaired) electrons. The molecule has 23 heavy (non-hydrogen) atoms. The van der Waals surface area contributed by atoms with Crippen LogP contribution in [0.3, 0.4) is 0 Å². The van der Waals surface area contributed by atoms with Crippen molar-refractivity contribution in [3.05, 3.63) is 30.2 Å². The molecule has 1 saturated heterocycles. The van der Waals surface area contributed by atoms with Gasteiger partial charge in [0.25, 0.3) is 0 Å². The van der Waals surface area contributed by atoms with Crippen molar-refractivity contribution in [1.82, 2.24) is 20.3 Å². The summed E-state index contributed by atoms with van der Waals surface area (Å²) in [4.78, 5) is 12.4. The Morgan fingerprint density at radius 1 is 1.43 bits per heavy atom. The molecule has 1 saturated carbocycles. The fourth-order valence-corrected chi connectivity index (χ4v) is 3.18. The number of fused-ring (bicyclic) bond motifs is 1. The van der Waals surface area contributed by atoms with E-state index in [2.05, 4.69) is 21.9 Å². The summed E-state index contributed by atoms with van der Waals surface area (Å²) in [6, 6.07) is 0. The van der Waals surface area contributed by atoms with Crippen LogP contribution in [0.2, 0.25) is 0 Å². The van der Waals surface area contributed by atoms with E-state index in [0.29, 0.717) is 19.1 Å². The van der Waals surface area contributed by atoms with Crippen LogP contribution < -0.4 is 5.32 Å². The molecule has 6 heteroatoms. The van der Waals surface area contributed by atoms with E-state index in [9.17, 15) is 5.11 Å². The summed E-state index contributed by atoms with van der Waals surface area (Å²) in [5, 5.41) is 13.3. The highest BCUT2D eigenvalue weighted by atomic mass is 16.5. The number of nitrogens with zero attached hydrogens (tertiary/aromatic N) is 2. The molecule has 1 aliphatic carbocycles. The lowest BCUT2D eigenvalue weighted by atomic mass is 9.90. The maximum atomic E-state index is 9.83. The van der Waals surface area contributed by atoms with Crippen LogP contribution in [0.15, 0.2) is 19.0 Å². The molecule has 3 N–H and O–H groups in total. The van der Waals surface area contributed by atoms with E-state index in [1.165, 1.54) is 12.8 Å². The Balaban J connectivity index is 1.62. The molecule has 2 aromatic rings. The van der Waals surface area contributed by atoms with Crippen molar-refractivity contribution in [2.45, 2.75) is 37.1 Å². The van der Waals surface area contributed by atoms with E-state index in [1.54, 1.807) is 0 Å². The van der Waals surface area contributed by atoms with Gasteiger partial charge in [-0.1, -0.05) is 6.58 Å². The minimum atomic E-state index is -0.361. The zero-order valence-electron chi connectivity index (χ0n) is 13.1. The Morgan fingerprint density at radius 3 is 2.91 bits per heavy atom. The topological polar surface area (TPSA) is 83.1 Å². The Bertz CT molecular complexity index is 729. The zero-order valence-corrected chi connectivity index (χ0v) is 13.1. The highest BCUT2D eigenvalue weighted by Crippen LogP contribution is 2.39. The molecule has 0 amide bonds. The molecule has 6 nitrogen and oxygen atoms in total. The van der Waals surface area contributed by atoms with Gasteiger partial charge < -0.3 is 20.1 Å². The lowest BCUT2D eigenvalue weighted by Crippen LogP contribution is -2.51. The first-order valence-electron chi connectivity index (χ1n) is 8.21. The highest BCUT2D eigenvalue weighted by molar-refractivity contribution is 5.86. The van der Waals surface area contributed by atoms with E-state index in [-0.39, 0.29) is 12.1 Å². The van der Waals surface area contributed by atoms with Crippen LogP contribution >= 0.6 is 0 Å². The van der Waals surface area contributed by atoms with Gasteiger partial charge >= 0.3 is 0 Å². The molecule has 0 bridgehead atoms. The number of aliphatic hydroxyl groups excluding tert-OH is 1. The molecular formula is C17H22N4O2. The summed E-state index contributed by atoms with van der Waals surface area (Å²) < 4.78 is 5.41. The van der Waals surface area contributed by atoms with Crippen molar-refractivity contribution < 1.29 is 9.84 Å². The number of ether oxygens (including phenoxy) is 1. The standard InChI is InChI=1S/C17H22N4O2/c1-11(21-17(10-22)4-6-23-7-5-17)13-8-18-16-15(13)20-14(9-19-16)12-2-3-12/h8-9,12,21-22H,1-7,10H2,(H,18,19). The van der Waals surface area contributed by atoms with Crippen molar-refractivity contribution in [2.24, 2.45) is 0 Å². The lowest BCUT2D eigenvalue weighted by molar-refractivity contribution is 0.0195. The van der Waals surface area contributed by atoms with Gasteiger partial charge in [-0.05, 0) is 25.7 Å². The smallest absolute Gasteiger partial charge is 0.156 e. The van der Waals surface area contributed by atoms with Crippen molar-refractivity contribution in [3.63, 3.8) is 0 Å². The number of H-pyrrole nitrogens is 1. The second kappa shape index (κ2) is 5.62. The Hall–Kier alpha value is -1.92. The first-order valence-corrected chi connectivity index (χ1v) is 8.21. The van der Waals surface area contributed by atoms with E-state index >= 15 is 0 Å². The van der Waals surface area contributed by atoms with E-state index < -0.39 is 0 Å². The van der Waals surface area contributed by atoms with Crippen molar-refractivity contribution in [2.75, 3.05) is 19.8 Å². The molecule has 0 atom stereocenters. The quantitative estimate of drug-likeness (QED) is 0.785. The average molecular weight is 314 g/mol. The van der Waals surface area contributed by atoms with Crippen molar-refractivity contribution in [1.29, 1.82) is 0 Å². The van der Waals surface area contributed by atoms with Gasteiger partial charge in [0.1, 0.15) is 5.52 Å². The third-order valence-corrected chi connectivity index (χ3v) is 4.89. The van der Waals surface area contributed by atoms with Crippen LogP contribution in [0.4, 0.5) is 0 Å². The molecule has 3 heterocycles. The predicted octanol–water partition coefficient (Wildman–Crippen LogP) is 1.94. The molecular weight excluding hydrogens is 292 g/mol. The van der Waals surface area contributed by atoms with E-state index in [4.69, 9.17) is 9.72 Å². The summed E-state index contributed by atoms with van der Waals surface area (Å²) in [5.74, 6) is 0.565. The molecule has 0 aromatic carbocycles. The predicted molar refractivity (Wildman–Crippen MR) is 87.9 cm³/mol. The van der Waals surface area contributed by atoms with Crippen LogP contribution in [0.25, 0.3) is 16.9 Å². The van der Waals surface area contributed by atoms with Gasteiger partial charge in [0.05, 0.1) is 24.0 Å². The number of aromatic amines is 1. The number of aliphatic hydroxyl groups is 1. The second-order valence-electron chi connectivity index (χ2n) is 6.62. The molecule has 2 fully saturated rings. The molecule has 0 unspecified atom stereocenters. The third kappa shape index (κ3) is 2.72. The fourth-order valence-electron chi connectivity index (χ4n) is 3.18. The highest BCUT2D eigenvalue weighted by Gasteiger charge is 2.33. The third-order valence-electron chi connectivity index (χ3n) is 4.89. The SMILES string of the molecule is C=C(NC1(CO)CCOCC1)c1c[nH]c2ncc(C3CC3)nc12. The van der Waals surface area contributed by atoms with Crippen LogP contribution in [0, 0.1) is 0 Å². The number of hydrogen-bond acceptors (Lipinski definition) is 5. The minimum Gasteiger partial charge on any atom is -0.394 e. The minimum absolute atomic E-state index is 0.0662. The molecule has 4 rings (SSSR count). The number of nitrogens with one attached hydrogen (secondary N) is 2. The lowest BCUT2D eigenvalue weighted by Gasteiger charge is -2.37. The zero-order chi connectivity index (χ0) is 15.9. The van der Waals surface area contributed by atoms with E-state index in [0.717, 1.165) is 41.0 Å². The summed E-state index contributed by atoms with van der Waals surface area (Å²) >= 11 is 0. The maximum Gasteiger partial charge on any atom is 0.156 e. The summed E-state index contributed by atoms with van der Waals surface area (Å²) in [5.41, 5.74) is 4.03. The number of aromatic nitrogens is 3. The molecule has 1 aliphatic heterocycles. The van der Waals surface area contributed by atoms with Gasteiger partial charge in [0.2, 0.25) is 0 Å². The van der Waals surface area contributed by atoms with Crippen molar-refractivity contribution >= 4 is 16.9 Å². The Morgan fingerprint density at radius 2 is 2.22 bits per heavy atom. The first-order chi connectivity index (χ1) is 11.2.